The molecule has 0 radical (unpaired) electrons. The first-order valence-electron chi connectivity index (χ1n) is 33.8. The van der Waals surface area contributed by atoms with E-state index in [2.05, 4.69) is 165 Å². The minimum absolute atomic E-state index is 0.814. The van der Waals surface area contributed by atoms with Crippen LogP contribution in [0.4, 0.5) is 0 Å². The molecule has 14 aliphatic rings. The summed E-state index contributed by atoms with van der Waals surface area (Å²) in [6.45, 7) is 29.4. The lowest BCUT2D eigenvalue weighted by Gasteiger charge is -2.47. The monoisotopic (exact) mass is 1080 g/mol. The van der Waals surface area contributed by atoms with Gasteiger partial charge >= 0.3 is 0 Å². The maximum Gasteiger partial charge on any atom is 0.0121 e. The van der Waals surface area contributed by atoms with Crippen molar-refractivity contribution in [3.8, 4) is 0 Å². The number of nitrogens with zero attached hydrogens (tertiary/aromatic N) is 4. The summed E-state index contributed by atoms with van der Waals surface area (Å²) in [6.07, 6.45) is 32.8. The number of likely N-dealkylation sites (tertiary alicyclic amines) is 3. The maximum atomic E-state index is 3.33. The molecule has 5 N–H and O–H groups in total. The second-order valence-corrected chi connectivity index (χ2v) is 30.3. The van der Waals surface area contributed by atoms with Gasteiger partial charge < -0.3 is 46.2 Å². The van der Waals surface area contributed by atoms with Crippen LogP contribution in [0, 0.1) is 82.3 Å². The molecule has 5 aliphatic heterocycles. The molecule has 0 aromatic carbocycles. The molecular formula is C68H137N9. The van der Waals surface area contributed by atoms with Crippen molar-refractivity contribution in [2.75, 3.05) is 103 Å². The lowest BCUT2D eigenvalue weighted by Crippen LogP contribution is -2.50. The van der Waals surface area contributed by atoms with Crippen molar-refractivity contribution in [1.29, 1.82) is 0 Å². The summed E-state index contributed by atoms with van der Waals surface area (Å²) in [5.74, 6) is 13.1. The molecule has 0 aromatic rings. The first-order valence-corrected chi connectivity index (χ1v) is 33.8. The Kier molecular flexibility index (Phi) is 29.6. The minimum atomic E-state index is 0.814. The van der Waals surface area contributed by atoms with E-state index in [4.69, 9.17) is 0 Å². The highest BCUT2D eigenvalue weighted by Crippen LogP contribution is 2.57. The van der Waals surface area contributed by atoms with Gasteiger partial charge in [-0.2, -0.15) is 0 Å². The third-order valence-electron chi connectivity index (χ3n) is 22.9. The fourth-order valence-corrected chi connectivity index (χ4v) is 17.3. The second kappa shape index (κ2) is 33.8. The zero-order valence-electron chi connectivity index (χ0n) is 54.8. The van der Waals surface area contributed by atoms with Crippen molar-refractivity contribution in [2.24, 2.45) is 82.3 Å². The van der Waals surface area contributed by atoms with E-state index in [0.717, 1.165) is 125 Å². The van der Waals surface area contributed by atoms with E-state index >= 15 is 0 Å². The van der Waals surface area contributed by atoms with Crippen molar-refractivity contribution < 1.29 is 0 Å². The third-order valence-corrected chi connectivity index (χ3v) is 22.9. The number of piperidine rings is 4. The SMILES string of the molecule is CC1C2CN(C)CC12.CC1CC12CN(C)C2.CC1CC2CC1N(C)C2.CC1CC2CCC1N(C)C2.CNC1CC(C)C1.CNC1CCC[C@H](C)C1.CN[C@@H]1CC[C@H](C)C1.CN[C@H]1CCC[C@@H](C)C1.CN[C@H]1CCC[C@H](C)C1. The van der Waals surface area contributed by atoms with Crippen LogP contribution in [0.3, 0.4) is 0 Å². The molecule has 9 saturated carbocycles. The van der Waals surface area contributed by atoms with Crippen LogP contribution in [-0.4, -0.2) is 165 Å². The number of hydrogen-bond donors (Lipinski definition) is 5. The standard InChI is InChI=1S/C9H17N.C8H15N.3C8H17N.2C7H13N.C7H15N.C6H13N/c1-7-5-8-3-4-9(7)10(2)6-8;1-6-3-7-4-8(6)9(2)5-7;3*1-7-4-3-5-8(6-7)9-2;1-6-3-7(6)4-8(2)5-7;1-5-6-3-8(2)4-7(5)6;1-6-3-4-7(5-6)8-2;1-5-3-6(4-5)7-2/h7-9H,3-6H2,1-2H3;6-8H,3-5H2,1-2H3;3*7-9H,3-6H2,1-2H3;6H,3-5H2,1-2H3;5-7H,3-4H2,1-2H3;6-8H,3-5H2,1-2H3;5-7H,3-4H2,1-2H3/t;;7-,8?;7-,8+;7-,8-;;;6-,7+;/m..010..0./s1. The zero-order chi connectivity index (χ0) is 56.4. The molecule has 0 amide bonds. The average molecular weight is 1080 g/mol. The van der Waals surface area contributed by atoms with Crippen LogP contribution in [0.15, 0.2) is 0 Å². The average Bonchev–Trinajstić information content (AvgIpc) is 3.87. The molecule has 0 aromatic heterocycles. The maximum absolute atomic E-state index is 3.33. The minimum Gasteiger partial charge on any atom is -0.317 e. The molecule has 14 rings (SSSR count). The van der Waals surface area contributed by atoms with E-state index in [1.807, 2.05) is 7.05 Å². The smallest absolute Gasteiger partial charge is 0.0121 e. The molecular weight excluding hydrogens is 943 g/mol. The lowest BCUT2D eigenvalue weighted by molar-refractivity contribution is 0.0280. The Morgan fingerprint density at radius 2 is 0.740 bits per heavy atom. The summed E-state index contributed by atoms with van der Waals surface area (Å²) in [4.78, 5) is 9.93. The fourth-order valence-electron chi connectivity index (χ4n) is 17.3. The first kappa shape index (κ1) is 67.4. The van der Waals surface area contributed by atoms with Crippen LogP contribution in [0.1, 0.15) is 210 Å². The van der Waals surface area contributed by atoms with Gasteiger partial charge in [-0.25, -0.2) is 0 Å². The Hall–Kier alpha value is -0.360. The molecule has 77 heavy (non-hydrogen) atoms. The van der Waals surface area contributed by atoms with Crippen molar-refractivity contribution in [3.05, 3.63) is 0 Å². The van der Waals surface area contributed by atoms with Crippen molar-refractivity contribution in [3.63, 3.8) is 0 Å². The van der Waals surface area contributed by atoms with Crippen LogP contribution < -0.4 is 26.6 Å². The van der Waals surface area contributed by atoms with E-state index in [1.54, 1.807) is 0 Å². The lowest BCUT2D eigenvalue weighted by atomic mass is 9.74. The Labute approximate surface area is 481 Å². The van der Waals surface area contributed by atoms with E-state index in [-0.39, 0.29) is 0 Å². The predicted molar refractivity (Wildman–Crippen MR) is 337 cm³/mol. The zero-order valence-corrected chi connectivity index (χ0v) is 54.8. The third kappa shape index (κ3) is 22.6. The van der Waals surface area contributed by atoms with Gasteiger partial charge in [0.1, 0.15) is 0 Å². The van der Waals surface area contributed by atoms with Crippen LogP contribution in [0.25, 0.3) is 0 Å². The number of fused-ring (bicyclic) bond motifs is 6. The van der Waals surface area contributed by atoms with E-state index < -0.39 is 0 Å². The summed E-state index contributed by atoms with van der Waals surface area (Å²) >= 11 is 0. The highest BCUT2D eigenvalue weighted by atomic mass is 15.2. The molecule has 9 aliphatic carbocycles. The molecule has 17 atom stereocenters. The predicted octanol–water partition coefficient (Wildman–Crippen LogP) is 12.6. The molecule has 454 valence electrons. The summed E-state index contributed by atoms with van der Waals surface area (Å²) in [5, 5.41) is 16.5. The topological polar surface area (TPSA) is 73.1 Å². The number of nitrogens with one attached hydrogen (secondary N) is 5. The van der Waals surface area contributed by atoms with Gasteiger partial charge in [0.15, 0.2) is 0 Å². The van der Waals surface area contributed by atoms with Crippen LogP contribution >= 0.6 is 0 Å². The summed E-state index contributed by atoms with van der Waals surface area (Å²) in [5.41, 5.74) is 0.828. The van der Waals surface area contributed by atoms with Gasteiger partial charge in [-0.3, -0.25) is 0 Å². The van der Waals surface area contributed by atoms with Crippen molar-refractivity contribution in [2.45, 2.75) is 252 Å². The van der Waals surface area contributed by atoms with E-state index in [9.17, 15) is 0 Å². The normalized spacial score (nSPS) is 42.6. The summed E-state index contributed by atoms with van der Waals surface area (Å²) in [7, 11) is 19.3. The molecule has 5 saturated heterocycles. The van der Waals surface area contributed by atoms with Gasteiger partial charge in [0, 0.05) is 81.6 Å². The second-order valence-electron chi connectivity index (χ2n) is 30.3. The van der Waals surface area contributed by atoms with Gasteiger partial charge in [0.2, 0.25) is 0 Å². The highest BCUT2D eigenvalue weighted by Gasteiger charge is 2.57. The van der Waals surface area contributed by atoms with Crippen molar-refractivity contribution >= 4 is 0 Å². The molecule has 1 spiro atoms. The summed E-state index contributed by atoms with van der Waals surface area (Å²) in [6, 6.07) is 5.97. The summed E-state index contributed by atoms with van der Waals surface area (Å²) < 4.78 is 0. The molecule has 14 fully saturated rings. The fraction of sp³-hybridized carbons (Fsp3) is 1.00. The van der Waals surface area contributed by atoms with E-state index in [0.29, 0.717) is 0 Å². The Morgan fingerprint density at radius 1 is 0.351 bits per heavy atom. The van der Waals surface area contributed by atoms with Gasteiger partial charge in [0.05, 0.1) is 0 Å². The van der Waals surface area contributed by atoms with Crippen LogP contribution in [0.5, 0.6) is 0 Å². The van der Waals surface area contributed by atoms with Gasteiger partial charge in [0.25, 0.3) is 0 Å². The molecule has 4 bridgehead atoms. The van der Waals surface area contributed by atoms with Gasteiger partial charge in [-0.1, -0.05) is 101 Å². The van der Waals surface area contributed by atoms with Crippen molar-refractivity contribution in [1.82, 2.24) is 46.2 Å². The number of rotatable bonds is 5. The van der Waals surface area contributed by atoms with Crippen LogP contribution in [-0.2, 0) is 0 Å². The van der Waals surface area contributed by atoms with Gasteiger partial charge in [-0.15, -0.1) is 0 Å². The quantitative estimate of drug-likeness (QED) is 0.185. The Morgan fingerprint density at radius 3 is 0.974 bits per heavy atom. The van der Waals surface area contributed by atoms with Crippen LogP contribution in [0.2, 0.25) is 0 Å². The molecule has 9 nitrogen and oxygen atoms in total. The van der Waals surface area contributed by atoms with E-state index in [1.165, 1.54) is 187 Å². The number of hydrogen-bond acceptors (Lipinski definition) is 9. The Balaban J connectivity index is 0.000000160. The molecule has 9 heteroatoms. The largest absolute Gasteiger partial charge is 0.317 e. The highest BCUT2D eigenvalue weighted by molar-refractivity contribution is 5.09. The molecule has 10 unspecified atom stereocenters. The first-order chi connectivity index (χ1) is 36.7. The Bertz CT molecular complexity index is 1460. The molecule has 5 heterocycles. The van der Waals surface area contributed by atoms with Gasteiger partial charge in [-0.05, 0) is 255 Å².